The third kappa shape index (κ3) is 3.74. The number of hydrogen-bond donors (Lipinski definition) is 1. The Morgan fingerprint density at radius 3 is 2.88 bits per heavy atom. The van der Waals surface area contributed by atoms with Crippen LogP contribution in [0.15, 0.2) is 32.7 Å². The molecule has 0 bridgehead atoms. The molecule has 1 aromatic carbocycles. The van der Waals surface area contributed by atoms with Crippen LogP contribution in [-0.4, -0.2) is 39.1 Å². The summed E-state index contributed by atoms with van der Waals surface area (Å²) in [4.78, 5) is 16.1. The first-order chi connectivity index (χ1) is 12.7. The summed E-state index contributed by atoms with van der Waals surface area (Å²) in [6.45, 7) is 2.61. The van der Waals surface area contributed by atoms with Gasteiger partial charge in [0, 0.05) is 12.6 Å². The number of thioether (sulfide) groups is 1. The minimum absolute atomic E-state index is 0.219. The predicted octanol–water partition coefficient (Wildman–Crippen LogP) is 2.34. The molecule has 9 nitrogen and oxygen atoms in total. The van der Waals surface area contributed by atoms with Gasteiger partial charge in [-0.15, -0.1) is 5.10 Å². The van der Waals surface area contributed by atoms with Crippen LogP contribution in [0.5, 0.6) is 11.5 Å². The topological polar surface area (TPSA) is 108 Å². The molecule has 0 atom stereocenters. The molecule has 2 aromatic heterocycles. The van der Waals surface area contributed by atoms with Crippen LogP contribution in [0.2, 0.25) is 0 Å². The van der Waals surface area contributed by atoms with Gasteiger partial charge >= 0.3 is 5.69 Å². The molecule has 0 aliphatic carbocycles. The molecular weight excluding hydrogens is 358 g/mol. The van der Waals surface area contributed by atoms with Gasteiger partial charge in [0.2, 0.25) is 11.7 Å². The number of benzene rings is 1. The van der Waals surface area contributed by atoms with E-state index in [1.807, 2.05) is 13.0 Å². The summed E-state index contributed by atoms with van der Waals surface area (Å²) in [5.74, 6) is 2.53. The Morgan fingerprint density at radius 2 is 2.15 bits per heavy atom. The summed E-state index contributed by atoms with van der Waals surface area (Å²) in [6.07, 6.45) is 0.842. The lowest BCUT2D eigenvalue weighted by molar-refractivity contribution is 0.388. The van der Waals surface area contributed by atoms with Gasteiger partial charge in [0.1, 0.15) is 11.5 Å². The Morgan fingerprint density at radius 1 is 1.31 bits per heavy atom. The Bertz CT molecular complexity index is 933. The average molecular weight is 377 g/mol. The molecule has 0 radical (unpaired) electrons. The van der Waals surface area contributed by atoms with Gasteiger partial charge < -0.3 is 14.0 Å². The largest absolute Gasteiger partial charge is 0.497 e. The monoisotopic (exact) mass is 377 g/mol. The molecule has 0 aliphatic rings. The van der Waals surface area contributed by atoms with Gasteiger partial charge in [-0.25, -0.2) is 9.89 Å². The summed E-state index contributed by atoms with van der Waals surface area (Å²) >= 11 is 1.36. The fourth-order valence-corrected chi connectivity index (χ4v) is 3.18. The number of H-pyrrole nitrogens is 1. The third-order valence-corrected chi connectivity index (χ3v) is 4.57. The van der Waals surface area contributed by atoms with Crippen molar-refractivity contribution >= 4 is 11.8 Å². The lowest BCUT2D eigenvalue weighted by atomic mass is 10.2. The zero-order valence-electron chi connectivity index (χ0n) is 14.7. The molecular formula is C16H19N5O4S. The third-order valence-electron chi connectivity index (χ3n) is 3.61. The van der Waals surface area contributed by atoms with E-state index in [0.29, 0.717) is 46.2 Å². The van der Waals surface area contributed by atoms with Gasteiger partial charge in [0.25, 0.3) is 0 Å². The Balaban J connectivity index is 1.76. The molecule has 3 aromatic rings. The molecule has 0 aliphatic heterocycles. The second-order valence-electron chi connectivity index (χ2n) is 5.33. The maximum absolute atomic E-state index is 11.7. The van der Waals surface area contributed by atoms with Crippen LogP contribution in [0.4, 0.5) is 0 Å². The minimum atomic E-state index is -0.219. The first-order valence-corrected chi connectivity index (χ1v) is 8.97. The van der Waals surface area contributed by atoms with Crippen molar-refractivity contribution in [3.05, 3.63) is 34.6 Å². The highest BCUT2D eigenvalue weighted by molar-refractivity contribution is 7.98. The van der Waals surface area contributed by atoms with E-state index in [1.54, 1.807) is 30.9 Å². The highest BCUT2D eigenvalue weighted by atomic mass is 32.2. The summed E-state index contributed by atoms with van der Waals surface area (Å²) in [5, 5.41) is 11.1. The number of rotatable bonds is 8. The van der Waals surface area contributed by atoms with Crippen molar-refractivity contribution in [2.75, 3.05) is 14.2 Å². The molecule has 0 amide bonds. The van der Waals surface area contributed by atoms with Gasteiger partial charge in [-0.2, -0.15) is 4.98 Å². The number of aromatic nitrogens is 5. The zero-order chi connectivity index (χ0) is 18.5. The first kappa shape index (κ1) is 18.1. The van der Waals surface area contributed by atoms with Crippen LogP contribution in [0.1, 0.15) is 19.2 Å². The Hall–Kier alpha value is -2.75. The van der Waals surface area contributed by atoms with E-state index in [-0.39, 0.29) is 5.69 Å². The second-order valence-corrected chi connectivity index (χ2v) is 6.27. The van der Waals surface area contributed by atoms with Crippen LogP contribution >= 0.6 is 11.8 Å². The molecule has 0 unspecified atom stereocenters. The number of aromatic amines is 1. The first-order valence-electron chi connectivity index (χ1n) is 7.99. The van der Waals surface area contributed by atoms with Crippen molar-refractivity contribution in [3.63, 3.8) is 0 Å². The van der Waals surface area contributed by atoms with E-state index in [0.717, 1.165) is 6.42 Å². The molecule has 0 spiro atoms. The normalized spacial score (nSPS) is 10.9. The zero-order valence-corrected chi connectivity index (χ0v) is 15.5. The van der Waals surface area contributed by atoms with E-state index in [2.05, 4.69) is 20.3 Å². The lowest BCUT2D eigenvalue weighted by Crippen LogP contribution is -2.17. The van der Waals surface area contributed by atoms with Gasteiger partial charge in [0.05, 0.1) is 25.5 Å². The van der Waals surface area contributed by atoms with Crippen molar-refractivity contribution in [1.29, 1.82) is 0 Å². The van der Waals surface area contributed by atoms with E-state index < -0.39 is 0 Å². The van der Waals surface area contributed by atoms with Crippen molar-refractivity contribution in [2.24, 2.45) is 0 Å². The molecule has 0 saturated carbocycles. The van der Waals surface area contributed by atoms with Crippen molar-refractivity contribution < 1.29 is 14.0 Å². The summed E-state index contributed by atoms with van der Waals surface area (Å²) < 4.78 is 17.5. The van der Waals surface area contributed by atoms with E-state index >= 15 is 0 Å². The van der Waals surface area contributed by atoms with E-state index in [9.17, 15) is 4.79 Å². The molecule has 0 fully saturated rings. The van der Waals surface area contributed by atoms with Gasteiger partial charge in [-0.05, 0) is 18.6 Å². The van der Waals surface area contributed by atoms with Gasteiger partial charge in [0.15, 0.2) is 5.16 Å². The van der Waals surface area contributed by atoms with E-state index in [1.165, 1.54) is 11.8 Å². The number of nitrogens with one attached hydrogen (secondary N) is 1. The van der Waals surface area contributed by atoms with Crippen LogP contribution in [-0.2, 0) is 12.3 Å². The van der Waals surface area contributed by atoms with Gasteiger partial charge in [-0.3, -0.25) is 4.57 Å². The number of nitrogens with zero attached hydrogens (tertiary/aromatic N) is 4. The van der Waals surface area contributed by atoms with Crippen molar-refractivity contribution in [3.8, 4) is 22.9 Å². The minimum Gasteiger partial charge on any atom is -0.497 e. The summed E-state index contributed by atoms with van der Waals surface area (Å²) in [5.41, 5.74) is 0.486. The molecule has 138 valence electrons. The predicted molar refractivity (Wildman–Crippen MR) is 95.5 cm³/mol. The molecule has 1 N–H and O–H groups in total. The molecule has 3 rings (SSSR count). The lowest BCUT2D eigenvalue weighted by Gasteiger charge is -2.07. The highest BCUT2D eigenvalue weighted by Gasteiger charge is 2.16. The Labute approximate surface area is 153 Å². The van der Waals surface area contributed by atoms with Crippen molar-refractivity contribution in [2.45, 2.75) is 30.8 Å². The number of hydrogen-bond acceptors (Lipinski definition) is 8. The maximum atomic E-state index is 11.7. The summed E-state index contributed by atoms with van der Waals surface area (Å²) in [7, 11) is 3.16. The Kier molecular flexibility index (Phi) is 5.61. The fourth-order valence-electron chi connectivity index (χ4n) is 2.37. The smallest absolute Gasteiger partial charge is 0.343 e. The van der Waals surface area contributed by atoms with Crippen LogP contribution < -0.4 is 15.2 Å². The molecule has 26 heavy (non-hydrogen) atoms. The standard InChI is InChI=1S/C16H19N5O4S/c1-4-7-21-15(22)18-19-16(21)26-9-13-17-14(20-25-13)11-6-5-10(23-2)8-12(11)24-3/h5-6,8H,4,7,9H2,1-3H3,(H,18,22). The number of methoxy groups -OCH3 is 2. The maximum Gasteiger partial charge on any atom is 0.343 e. The van der Waals surface area contributed by atoms with E-state index in [4.69, 9.17) is 14.0 Å². The quantitative estimate of drug-likeness (QED) is 0.596. The highest BCUT2D eigenvalue weighted by Crippen LogP contribution is 2.32. The van der Waals surface area contributed by atoms with Crippen LogP contribution in [0.3, 0.4) is 0 Å². The number of ether oxygens (including phenoxy) is 2. The SMILES string of the molecule is CCCn1c(SCc2nc(-c3ccc(OC)cc3OC)no2)n[nH]c1=O. The van der Waals surface area contributed by atoms with Gasteiger partial charge in [-0.1, -0.05) is 23.8 Å². The second kappa shape index (κ2) is 8.09. The molecule has 0 saturated heterocycles. The molecule has 10 heteroatoms. The van der Waals surface area contributed by atoms with Crippen LogP contribution in [0, 0.1) is 0 Å². The fraction of sp³-hybridized carbons (Fsp3) is 0.375. The average Bonchev–Trinajstić information content (AvgIpc) is 3.27. The summed E-state index contributed by atoms with van der Waals surface area (Å²) in [6, 6.07) is 5.37. The van der Waals surface area contributed by atoms with Crippen molar-refractivity contribution in [1.82, 2.24) is 24.9 Å². The molecule has 2 heterocycles. The van der Waals surface area contributed by atoms with Crippen LogP contribution in [0.25, 0.3) is 11.4 Å².